The number of fused-ring (bicyclic) bond motifs is 1. The third kappa shape index (κ3) is 6.31. The van der Waals surface area contributed by atoms with Crippen LogP contribution in [0.15, 0.2) is 72.0 Å². The van der Waals surface area contributed by atoms with Gasteiger partial charge in [0.25, 0.3) is 11.5 Å². The van der Waals surface area contributed by atoms with Gasteiger partial charge < -0.3 is 19.5 Å². The fraction of sp³-hybridized carbons (Fsp3) is 0.378. The number of pyridine rings is 1. The van der Waals surface area contributed by atoms with E-state index in [-0.39, 0.29) is 35.8 Å². The lowest BCUT2D eigenvalue weighted by atomic mass is 9.79. The van der Waals surface area contributed by atoms with Crippen molar-refractivity contribution in [1.82, 2.24) is 28.9 Å². The van der Waals surface area contributed by atoms with Gasteiger partial charge in [-0.25, -0.2) is 4.98 Å². The number of benzene rings is 1. The van der Waals surface area contributed by atoms with Gasteiger partial charge in [-0.05, 0) is 68.0 Å². The van der Waals surface area contributed by atoms with E-state index in [0.29, 0.717) is 66.4 Å². The number of thiophene rings is 1. The zero-order valence-corrected chi connectivity index (χ0v) is 29.4. The van der Waals surface area contributed by atoms with Gasteiger partial charge in [-0.1, -0.05) is 41.9 Å². The minimum atomic E-state index is -1.13. The lowest BCUT2D eigenvalue weighted by Crippen LogP contribution is -2.53. The van der Waals surface area contributed by atoms with E-state index in [0.717, 1.165) is 27.3 Å². The largest absolute Gasteiger partial charge is 0.388 e. The van der Waals surface area contributed by atoms with E-state index < -0.39 is 5.60 Å². The average molecular weight is 699 g/mol. The molecule has 0 unspecified atom stereocenters. The first-order chi connectivity index (χ1) is 23.5. The van der Waals surface area contributed by atoms with Gasteiger partial charge >= 0.3 is 0 Å². The van der Waals surface area contributed by atoms with Crippen molar-refractivity contribution < 1.29 is 14.7 Å². The molecule has 0 saturated carbocycles. The van der Waals surface area contributed by atoms with Gasteiger partial charge in [-0.2, -0.15) is 0 Å². The summed E-state index contributed by atoms with van der Waals surface area (Å²) < 4.78 is 3.27. The summed E-state index contributed by atoms with van der Waals surface area (Å²) in [6, 6.07) is 15.6. The number of piperidine rings is 2. The average Bonchev–Trinajstić information content (AvgIpc) is 3.64. The van der Waals surface area contributed by atoms with Gasteiger partial charge in [0, 0.05) is 68.0 Å². The van der Waals surface area contributed by atoms with Gasteiger partial charge in [-0.15, -0.1) is 11.3 Å². The number of carbonyl (C=O) groups is 2. The number of aryl methyl sites for hydroxylation is 2. The molecule has 2 amide bonds. The molecule has 254 valence electrons. The molecule has 2 saturated heterocycles. The molecule has 1 aromatic carbocycles. The Kier molecular flexibility index (Phi) is 8.93. The second-order valence-electron chi connectivity index (χ2n) is 13.4. The zero-order valence-electron chi connectivity index (χ0n) is 27.8. The summed E-state index contributed by atoms with van der Waals surface area (Å²) in [6.07, 6.45) is 6.26. The summed E-state index contributed by atoms with van der Waals surface area (Å²) >= 11 is 8.21. The first kappa shape index (κ1) is 33.2. The molecule has 1 N–H and O–H groups in total. The third-order valence-corrected chi connectivity index (χ3v) is 12.1. The molecule has 7 rings (SSSR count). The number of amides is 2. The van der Waals surface area contributed by atoms with Crippen molar-refractivity contribution in [3.8, 4) is 10.4 Å². The van der Waals surface area contributed by atoms with Crippen LogP contribution in [-0.2, 0) is 18.4 Å². The predicted molar refractivity (Wildman–Crippen MR) is 191 cm³/mol. The monoisotopic (exact) mass is 698 g/mol. The van der Waals surface area contributed by atoms with E-state index in [2.05, 4.69) is 9.97 Å². The molecule has 12 heteroatoms. The number of rotatable bonds is 6. The van der Waals surface area contributed by atoms with Gasteiger partial charge in [0.05, 0.1) is 22.6 Å². The normalized spacial score (nSPS) is 19.4. The number of aromatic nitrogens is 4. The van der Waals surface area contributed by atoms with Crippen LogP contribution in [0.2, 0.25) is 5.02 Å². The van der Waals surface area contributed by atoms with Crippen molar-refractivity contribution in [3.63, 3.8) is 0 Å². The van der Waals surface area contributed by atoms with E-state index >= 15 is 0 Å². The summed E-state index contributed by atoms with van der Waals surface area (Å²) in [5, 5.41) is 12.5. The Morgan fingerprint density at radius 2 is 1.80 bits per heavy atom. The Morgan fingerprint density at radius 1 is 1.04 bits per heavy atom. The molecule has 5 aromatic rings. The van der Waals surface area contributed by atoms with Crippen LogP contribution >= 0.6 is 22.9 Å². The van der Waals surface area contributed by atoms with Gasteiger partial charge in [0.1, 0.15) is 16.9 Å². The quantitative estimate of drug-likeness (QED) is 0.253. The Labute approximate surface area is 293 Å². The zero-order chi connectivity index (χ0) is 34.4. The standard InChI is InChI=1S/C37H39ClN6O4S/c1-23-19-26(9-14-39-23)31-24(2)30(38)32(49-31)36(47)43-16-11-27(29(20-43)25-7-5-4-6-8-25)34(45)42-17-12-37(48,13-18-42)21-44-22-40-33-28(35(44)46)10-15-41(33)3/h4-10,14-15,19,22,27,29,48H,11-13,16-18,20-21H2,1-3H3/t27-,29+/m1/s1. The summed E-state index contributed by atoms with van der Waals surface area (Å²) in [5.41, 5.74) is 3.04. The lowest BCUT2D eigenvalue weighted by Gasteiger charge is -2.43. The van der Waals surface area contributed by atoms with Crippen LogP contribution in [0.25, 0.3) is 21.5 Å². The number of halogens is 1. The van der Waals surface area contributed by atoms with E-state index in [1.165, 1.54) is 22.2 Å². The van der Waals surface area contributed by atoms with Crippen molar-refractivity contribution in [1.29, 1.82) is 0 Å². The molecule has 49 heavy (non-hydrogen) atoms. The first-order valence-electron chi connectivity index (χ1n) is 16.6. The van der Waals surface area contributed by atoms with Crippen molar-refractivity contribution in [2.75, 3.05) is 26.2 Å². The Morgan fingerprint density at radius 3 is 2.53 bits per heavy atom. The Balaban J connectivity index is 1.07. The number of carbonyl (C=O) groups excluding carboxylic acids is 2. The highest BCUT2D eigenvalue weighted by atomic mass is 35.5. The number of hydrogen-bond donors (Lipinski definition) is 1. The molecule has 2 aliphatic heterocycles. The molecule has 0 bridgehead atoms. The smallest absolute Gasteiger partial charge is 0.265 e. The van der Waals surface area contributed by atoms with Crippen molar-refractivity contribution in [3.05, 3.63) is 104 Å². The van der Waals surface area contributed by atoms with E-state index in [9.17, 15) is 19.5 Å². The predicted octanol–water partition coefficient (Wildman–Crippen LogP) is 5.43. The highest BCUT2D eigenvalue weighted by Gasteiger charge is 2.42. The maximum atomic E-state index is 14.2. The minimum absolute atomic E-state index is 0.0351. The second kappa shape index (κ2) is 13.2. The van der Waals surface area contributed by atoms with Gasteiger partial charge in [0.15, 0.2) is 0 Å². The molecule has 2 aliphatic rings. The third-order valence-electron chi connectivity index (χ3n) is 10.2. The van der Waals surface area contributed by atoms with Crippen LogP contribution in [-0.4, -0.2) is 77.6 Å². The highest BCUT2D eigenvalue weighted by molar-refractivity contribution is 7.18. The van der Waals surface area contributed by atoms with Crippen LogP contribution in [0.5, 0.6) is 0 Å². The van der Waals surface area contributed by atoms with Gasteiger partial charge in [0.2, 0.25) is 5.91 Å². The van der Waals surface area contributed by atoms with Crippen molar-refractivity contribution in [2.24, 2.45) is 13.0 Å². The summed E-state index contributed by atoms with van der Waals surface area (Å²) in [6.45, 7) is 5.59. The van der Waals surface area contributed by atoms with Crippen LogP contribution in [0.3, 0.4) is 0 Å². The van der Waals surface area contributed by atoms with E-state index in [1.807, 2.05) is 73.2 Å². The second-order valence-corrected chi connectivity index (χ2v) is 14.8. The molecule has 0 aliphatic carbocycles. The van der Waals surface area contributed by atoms with E-state index in [4.69, 9.17) is 11.6 Å². The number of aliphatic hydroxyl groups is 1. The van der Waals surface area contributed by atoms with Crippen LogP contribution in [0, 0.1) is 19.8 Å². The first-order valence-corrected chi connectivity index (χ1v) is 17.8. The molecular formula is C37H39ClN6O4S. The number of likely N-dealkylation sites (tertiary alicyclic amines) is 2. The van der Waals surface area contributed by atoms with Crippen molar-refractivity contribution in [2.45, 2.75) is 51.2 Å². The molecule has 2 fully saturated rings. The number of hydrogen-bond acceptors (Lipinski definition) is 7. The molecule has 0 spiro atoms. The summed E-state index contributed by atoms with van der Waals surface area (Å²) in [5.74, 6) is -0.603. The number of nitrogens with zero attached hydrogens (tertiary/aromatic N) is 6. The minimum Gasteiger partial charge on any atom is -0.388 e. The maximum Gasteiger partial charge on any atom is 0.265 e. The van der Waals surface area contributed by atoms with Crippen LogP contribution < -0.4 is 5.56 Å². The van der Waals surface area contributed by atoms with Crippen LogP contribution in [0.4, 0.5) is 0 Å². The summed E-state index contributed by atoms with van der Waals surface area (Å²) in [7, 11) is 1.84. The van der Waals surface area contributed by atoms with Gasteiger partial charge in [-0.3, -0.25) is 23.9 Å². The topological polar surface area (TPSA) is 114 Å². The molecule has 6 heterocycles. The SMILES string of the molecule is Cc1cc(-c2sc(C(=O)N3CC[C@@H](C(=O)N4CCC(O)(Cn5cnc6c(ccn6C)c5=O)CC4)[C@H](c4ccccc4)C3)c(Cl)c2C)ccn1. The maximum absolute atomic E-state index is 14.2. The molecule has 2 atom stereocenters. The Hall–Kier alpha value is -4.32. The lowest BCUT2D eigenvalue weighted by molar-refractivity contribution is -0.142. The molecular weight excluding hydrogens is 660 g/mol. The molecule has 0 radical (unpaired) electrons. The fourth-order valence-corrected chi connectivity index (χ4v) is 8.86. The van der Waals surface area contributed by atoms with E-state index in [1.54, 1.807) is 23.0 Å². The molecule has 10 nitrogen and oxygen atoms in total. The fourth-order valence-electron chi connectivity index (χ4n) is 7.35. The van der Waals surface area contributed by atoms with Crippen LogP contribution in [0.1, 0.15) is 51.7 Å². The molecule has 4 aromatic heterocycles. The highest BCUT2D eigenvalue weighted by Crippen LogP contribution is 2.42. The van der Waals surface area contributed by atoms with Crippen molar-refractivity contribution >= 4 is 45.8 Å². The summed E-state index contributed by atoms with van der Waals surface area (Å²) in [4.78, 5) is 55.2. The Bertz CT molecular complexity index is 2100.